The molecule has 1 heterocycles. The normalized spacial score (nSPS) is 20.6. The van der Waals surface area contributed by atoms with E-state index >= 15 is 0 Å². The van der Waals surface area contributed by atoms with Crippen molar-refractivity contribution < 1.29 is 14.3 Å². The van der Waals surface area contributed by atoms with Crippen LogP contribution in [0.1, 0.15) is 6.42 Å². The SMILES string of the molecule is O=C1CC(CO)CN1c1ccc(F)cc1Br. The first-order valence-electron chi connectivity index (χ1n) is 4.98. The monoisotopic (exact) mass is 287 g/mol. The summed E-state index contributed by atoms with van der Waals surface area (Å²) in [6, 6.07) is 4.21. The standard InChI is InChI=1S/C11H11BrFNO2/c12-9-4-8(13)1-2-10(9)14-5-7(6-15)3-11(14)16/h1-2,4,7,15H,3,5-6H2. The number of hydrogen-bond acceptors (Lipinski definition) is 2. The van der Waals surface area contributed by atoms with Crippen molar-refractivity contribution in [3.63, 3.8) is 0 Å². The first-order valence-corrected chi connectivity index (χ1v) is 5.77. The molecule has 1 saturated heterocycles. The third-order valence-corrected chi connectivity index (χ3v) is 3.30. The molecule has 16 heavy (non-hydrogen) atoms. The van der Waals surface area contributed by atoms with Gasteiger partial charge in [0.15, 0.2) is 0 Å². The number of hydrogen-bond donors (Lipinski definition) is 1. The minimum Gasteiger partial charge on any atom is -0.396 e. The largest absolute Gasteiger partial charge is 0.396 e. The summed E-state index contributed by atoms with van der Waals surface area (Å²) >= 11 is 3.23. The molecule has 0 radical (unpaired) electrons. The number of carbonyl (C=O) groups is 1. The van der Waals surface area contributed by atoms with Crippen LogP contribution < -0.4 is 4.90 Å². The van der Waals surface area contributed by atoms with Gasteiger partial charge in [0.25, 0.3) is 0 Å². The first-order chi connectivity index (χ1) is 7.61. The van der Waals surface area contributed by atoms with Crippen LogP contribution in [-0.4, -0.2) is 24.2 Å². The highest BCUT2D eigenvalue weighted by atomic mass is 79.9. The van der Waals surface area contributed by atoms with Gasteiger partial charge in [0.2, 0.25) is 5.91 Å². The Kier molecular flexibility index (Phi) is 3.25. The van der Waals surface area contributed by atoms with Crippen LogP contribution in [0.2, 0.25) is 0 Å². The fraction of sp³-hybridized carbons (Fsp3) is 0.364. The van der Waals surface area contributed by atoms with E-state index in [-0.39, 0.29) is 24.2 Å². The van der Waals surface area contributed by atoms with Gasteiger partial charge in [-0.3, -0.25) is 4.79 Å². The Balaban J connectivity index is 2.28. The highest BCUT2D eigenvalue weighted by molar-refractivity contribution is 9.10. The highest BCUT2D eigenvalue weighted by Crippen LogP contribution is 2.31. The molecule has 2 rings (SSSR count). The molecular formula is C11H11BrFNO2. The smallest absolute Gasteiger partial charge is 0.227 e. The van der Waals surface area contributed by atoms with Crippen LogP contribution in [0.5, 0.6) is 0 Å². The van der Waals surface area contributed by atoms with Crippen molar-refractivity contribution in [2.45, 2.75) is 6.42 Å². The predicted octanol–water partition coefficient (Wildman–Crippen LogP) is 1.93. The third kappa shape index (κ3) is 2.10. The number of anilines is 1. The number of rotatable bonds is 2. The molecule has 0 aromatic heterocycles. The van der Waals surface area contributed by atoms with Gasteiger partial charge in [-0.2, -0.15) is 0 Å². The molecule has 1 fully saturated rings. The van der Waals surface area contributed by atoms with E-state index in [0.717, 1.165) is 0 Å². The molecule has 1 aromatic carbocycles. The molecule has 86 valence electrons. The van der Waals surface area contributed by atoms with E-state index in [1.54, 1.807) is 11.0 Å². The molecule has 3 nitrogen and oxygen atoms in total. The zero-order valence-corrected chi connectivity index (χ0v) is 10.1. The van der Waals surface area contributed by atoms with Crippen molar-refractivity contribution in [2.24, 2.45) is 5.92 Å². The lowest BCUT2D eigenvalue weighted by Gasteiger charge is -2.18. The van der Waals surface area contributed by atoms with E-state index < -0.39 is 0 Å². The quantitative estimate of drug-likeness (QED) is 0.903. The summed E-state index contributed by atoms with van der Waals surface area (Å²) in [5.41, 5.74) is 0.655. The maximum absolute atomic E-state index is 12.9. The molecule has 1 unspecified atom stereocenters. The molecule has 1 aliphatic rings. The Morgan fingerprint density at radius 3 is 2.88 bits per heavy atom. The summed E-state index contributed by atoms with van der Waals surface area (Å²) in [4.78, 5) is 13.3. The fourth-order valence-corrected chi connectivity index (χ4v) is 2.40. The van der Waals surface area contributed by atoms with Gasteiger partial charge >= 0.3 is 0 Å². The average Bonchev–Trinajstić information content (AvgIpc) is 2.60. The second kappa shape index (κ2) is 4.51. The lowest BCUT2D eigenvalue weighted by Crippen LogP contribution is -2.25. The summed E-state index contributed by atoms with van der Waals surface area (Å²) in [6.07, 6.45) is 0.348. The third-order valence-electron chi connectivity index (χ3n) is 2.66. The Hall–Kier alpha value is -0.940. The van der Waals surface area contributed by atoms with E-state index in [0.29, 0.717) is 23.1 Å². The van der Waals surface area contributed by atoms with Crippen LogP contribution in [0.15, 0.2) is 22.7 Å². The summed E-state index contributed by atoms with van der Waals surface area (Å²) in [6.45, 7) is 0.487. The summed E-state index contributed by atoms with van der Waals surface area (Å²) in [7, 11) is 0. The Morgan fingerprint density at radius 1 is 1.56 bits per heavy atom. The Bertz CT molecular complexity index is 424. The average molecular weight is 288 g/mol. The highest BCUT2D eigenvalue weighted by Gasteiger charge is 2.30. The number of halogens is 2. The Labute approximate surface area is 101 Å². The number of nitrogens with zero attached hydrogens (tertiary/aromatic N) is 1. The van der Waals surface area contributed by atoms with E-state index in [4.69, 9.17) is 5.11 Å². The molecule has 5 heteroatoms. The van der Waals surface area contributed by atoms with Gasteiger partial charge in [-0.05, 0) is 34.1 Å². The molecule has 1 aromatic rings. The van der Waals surface area contributed by atoms with Crippen LogP contribution in [0, 0.1) is 11.7 Å². The number of carbonyl (C=O) groups excluding carboxylic acids is 1. The van der Waals surface area contributed by atoms with Gasteiger partial charge in [-0.25, -0.2) is 4.39 Å². The lowest BCUT2D eigenvalue weighted by molar-refractivity contribution is -0.117. The second-order valence-electron chi connectivity index (χ2n) is 3.85. The molecule has 0 bridgehead atoms. The molecule has 1 aliphatic heterocycles. The zero-order valence-electron chi connectivity index (χ0n) is 8.49. The molecule has 0 spiro atoms. The predicted molar refractivity (Wildman–Crippen MR) is 61.6 cm³/mol. The lowest BCUT2D eigenvalue weighted by atomic mass is 10.1. The van der Waals surface area contributed by atoms with Crippen LogP contribution in [0.4, 0.5) is 10.1 Å². The van der Waals surface area contributed by atoms with E-state index in [1.807, 2.05) is 0 Å². The Morgan fingerprint density at radius 2 is 2.31 bits per heavy atom. The minimum atomic E-state index is -0.346. The fourth-order valence-electron chi connectivity index (χ4n) is 1.84. The molecule has 0 aliphatic carbocycles. The maximum atomic E-state index is 12.9. The first kappa shape index (κ1) is 11.5. The van der Waals surface area contributed by atoms with E-state index in [1.165, 1.54) is 12.1 Å². The van der Waals surface area contributed by atoms with Crippen molar-refractivity contribution in [3.8, 4) is 0 Å². The van der Waals surface area contributed by atoms with E-state index in [2.05, 4.69) is 15.9 Å². The van der Waals surface area contributed by atoms with Gasteiger partial charge in [-0.15, -0.1) is 0 Å². The molecule has 1 atom stereocenters. The van der Waals surface area contributed by atoms with Gasteiger partial charge < -0.3 is 10.0 Å². The van der Waals surface area contributed by atoms with Gasteiger partial charge in [0.1, 0.15) is 5.82 Å². The molecule has 1 N–H and O–H groups in total. The van der Waals surface area contributed by atoms with Crippen molar-refractivity contribution in [1.29, 1.82) is 0 Å². The van der Waals surface area contributed by atoms with Crippen LogP contribution >= 0.6 is 15.9 Å². The van der Waals surface area contributed by atoms with Crippen molar-refractivity contribution >= 4 is 27.5 Å². The topological polar surface area (TPSA) is 40.5 Å². The number of aliphatic hydroxyl groups excluding tert-OH is 1. The number of amides is 1. The summed E-state index contributed by atoms with van der Waals surface area (Å²) in [5, 5.41) is 9.01. The number of benzene rings is 1. The molecular weight excluding hydrogens is 277 g/mol. The van der Waals surface area contributed by atoms with Crippen LogP contribution in [-0.2, 0) is 4.79 Å². The minimum absolute atomic E-state index is 0.00105. The van der Waals surface area contributed by atoms with Gasteiger partial charge in [-0.1, -0.05) is 0 Å². The molecule has 1 amide bonds. The zero-order chi connectivity index (χ0) is 11.7. The van der Waals surface area contributed by atoms with Crippen LogP contribution in [0.25, 0.3) is 0 Å². The summed E-state index contributed by atoms with van der Waals surface area (Å²) < 4.78 is 13.5. The van der Waals surface area contributed by atoms with Crippen LogP contribution in [0.3, 0.4) is 0 Å². The van der Waals surface area contributed by atoms with Crippen molar-refractivity contribution in [1.82, 2.24) is 0 Å². The molecule has 0 saturated carbocycles. The van der Waals surface area contributed by atoms with E-state index in [9.17, 15) is 9.18 Å². The van der Waals surface area contributed by atoms with Crippen molar-refractivity contribution in [2.75, 3.05) is 18.1 Å². The number of aliphatic hydroxyl groups is 1. The van der Waals surface area contributed by atoms with Gasteiger partial charge in [0.05, 0.1) is 5.69 Å². The van der Waals surface area contributed by atoms with Crippen molar-refractivity contribution in [3.05, 3.63) is 28.5 Å². The maximum Gasteiger partial charge on any atom is 0.227 e. The summed E-state index contributed by atoms with van der Waals surface area (Å²) in [5.74, 6) is -0.406. The van der Waals surface area contributed by atoms with Gasteiger partial charge in [0, 0.05) is 30.0 Å². The second-order valence-corrected chi connectivity index (χ2v) is 4.71.